The number of nitrogens with zero attached hydrogens (tertiary/aromatic N) is 6. The smallest absolute Gasteiger partial charge is 0.261 e. The molecule has 2 aromatic heterocycles. The Balaban J connectivity index is 1.73. The predicted molar refractivity (Wildman–Crippen MR) is 88.2 cm³/mol. The number of hydrogen-bond donors (Lipinski definition) is 1. The summed E-state index contributed by atoms with van der Waals surface area (Å²) in [6.45, 7) is 1.94. The molecule has 0 fully saturated rings. The van der Waals surface area contributed by atoms with Gasteiger partial charge in [0.1, 0.15) is 6.33 Å². The minimum Gasteiger partial charge on any atom is -0.261 e. The number of hydrazone groups is 1. The Hall–Kier alpha value is -3.62. The molecule has 0 saturated heterocycles. The highest BCUT2D eigenvalue weighted by Crippen LogP contribution is 2.12. The van der Waals surface area contributed by atoms with Crippen LogP contribution in [0.25, 0.3) is 5.82 Å². The maximum Gasteiger partial charge on any atom is 0.270 e. The Labute approximate surface area is 136 Å². The normalized spacial score (nSPS) is 10.9. The average molecular weight is 323 g/mol. The molecule has 0 aliphatic rings. The molecule has 3 rings (SSSR count). The molecule has 0 unspecified atom stereocenters. The molecular weight excluding hydrogens is 310 g/mol. The Morgan fingerprint density at radius 2 is 2.21 bits per heavy atom. The molecule has 9 heteroatoms. The number of hydrogen-bond acceptors (Lipinski definition) is 7. The van der Waals surface area contributed by atoms with Crippen molar-refractivity contribution in [3.05, 3.63) is 70.3 Å². The highest BCUT2D eigenvalue weighted by molar-refractivity contribution is 5.81. The molecule has 24 heavy (non-hydrogen) atoms. The van der Waals surface area contributed by atoms with E-state index in [9.17, 15) is 10.1 Å². The third-order valence-corrected chi connectivity index (χ3v) is 3.07. The highest BCUT2D eigenvalue weighted by Gasteiger charge is 2.04. The van der Waals surface area contributed by atoms with Crippen molar-refractivity contribution in [1.29, 1.82) is 0 Å². The fraction of sp³-hybridized carbons (Fsp3) is 0.0667. The molecule has 2 heterocycles. The van der Waals surface area contributed by atoms with Crippen molar-refractivity contribution in [3.63, 3.8) is 0 Å². The number of aryl methyl sites for hydroxylation is 1. The zero-order chi connectivity index (χ0) is 16.9. The minimum atomic E-state index is -0.451. The van der Waals surface area contributed by atoms with Crippen LogP contribution in [0.1, 0.15) is 11.1 Å². The van der Waals surface area contributed by atoms with Crippen LogP contribution in [0.3, 0.4) is 0 Å². The van der Waals surface area contributed by atoms with Crippen molar-refractivity contribution in [2.45, 2.75) is 6.92 Å². The fourth-order valence-corrected chi connectivity index (χ4v) is 1.96. The van der Waals surface area contributed by atoms with Crippen molar-refractivity contribution in [3.8, 4) is 5.82 Å². The SMILES string of the molecule is Cc1cnn(-c2cc(NN=Cc3cccc([N+](=O)[O-])c3)ncn2)c1. The molecular formula is C15H13N7O2. The van der Waals surface area contributed by atoms with E-state index in [1.807, 2.05) is 13.1 Å². The van der Waals surface area contributed by atoms with Gasteiger partial charge in [-0.2, -0.15) is 10.2 Å². The monoisotopic (exact) mass is 323 g/mol. The number of aromatic nitrogens is 4. The predicted octanol–water partition coefficient (Wildman–Crippen LogP) is 2.32. The van der Waals surface area contributed by atoms with Gasteiger partial charge >= 0.3 is 0 Å². The number of rotatable bonds is 5. The fourth-order valence-electron chi connectivity index (χ4n) is 1.96. The van der Waals surface area contributed by atoms with Crippen LogP contribution in [0.4, 0.5) is 11.5 Å². The van der Waals surface area contributed by atoms with Gasteiger partial charge in [-0.05, 0) is 12.5 Å². The lowest BCUT2D eigenvalue weighted by Gasteiger charge is -2.02. The van der Waals surface area contributed by atoms with Gasteiger partial charge in [-0.25, -0.2) is 14.6 Å². The summed E-state index contributed by atoms with van der Waals surface area (Å²) in [6, 6.07) is 7.87. The van der Waals surface area contributed by atoms with E-state index in [4.69, 9.17) is 0 Å². The lowest BCUT2D eigenvalue weighted by Crippen LogP contribution is -2.01. The van der Waals surface area contributed by atoms with Crippen LogP contribution in [0.15, 0.2) is 54.2 Å². The lowest BCUT2D eigenvalue weighted by molar-refractivity contribution is -0.384. The molecule has 120 valence electrons. The molecule has 0 saturated carbocycles. The second-order valence-electron chi connectivity index (χ2n) is 4.95. The Kier molecular flexibility index (Phi) is 4.23. The highest BCUT2D eigenvalue weighted by atomic mass is 16.6. The van der Waals surface area contributed by atoms with Crippen LogP contribution in [0, 0.1) is 17.0 Å². The van der Waals surface area contributed by atoms with Crippen molar-refractivity contribution in [2.75, 3.05) is 5.43 Å². The molecule has 0 amide bonds. The number of benzene rings is 1. The molecule has 0 radical (unpaired) electrons. The average Bonchev–Trinajstić information content (AvgIpc) is 3.02. The maximum atomic E-state index is 10.7. The van der Waals surface area contributed by atoms with Gasteiger partial charge < -0.3 is 0 Å². The zero-order valence-corrected chi connectivity index (χ0v) is 12.7. The van der Waals surface area contributed by atoms with Crippen molar-refractivity contribution in [2.24, 2.45) is 5.10 Å². The molecule has 1 N–H and O–H groups in total. The summed E-state index contributed by atoms with van der Waals surface area (Å²) in [5.41, 5.74) is 4.40. The maximum absolute atomic E-state index is 10.7. The molecule has 1 aromatic carbocycles. The molecule has 0 bridgehead atoms. The zero-order valence-electron chi connectivity index (χ0n) is 12.7. The van der Waals surface area contributed by atoms with Gasteiger partial charge in [0.2, 0.25) is 0 Å². The van der Waals surface area contributed by atoms with Crippen LogP contribution in [0.5, 0.6) is 0 Å². The van der Waals surface area contributed by atoms with Crippen LogP contribution in [0.2, 0.25) is 0 Å². The van der Waals surface area contributed by atoms with E-state index in [2.05, 4.69) is 25.6 Å². The summed E-state index contributed by atoms with van der Waals surface area (Å²) in [5.74, 6) is 1.08. The molecule has 0 aliphatic heterocycles. The number of nitro benzene ring substituents is 1. The van der Waals surface area contributed by atoms with E-state index < -0.39 is 4.92 Å². The third kappa shape index (κ3) is 3.58. The van der Waals surface area contributed by atoms with Crippen molar-refractivity contribution < 1.29 is 4.92 Å². The van der Waals surface area contributed by atoms with Crippen molar-refractivity contribution >= 4 is 17.7 Å². The van der Waals surface area contributed by atoms with Gasteiger partial charge in [-0.3, -0.25) is 15.5 Å². The summed E-state index contributed by atoms with van der Waals surface area (Å²) < 4.78 is 1.63. The Bertz CT molecular complexity index is 904. The van der Waals surface area contributed by atoms with Gasteiger partial charge in [0, 0.05) is 30.0 Å². The molecule has 0 aliphatic carbocycles. The van der Waals surface area contributed by atoms with Gasteiger partial charge in [-0.1, -0.05) is 12.1 Å². The standard InChI is InChI=1S/C15H13N7O2/c1-11-7-19-21(9-11)15-6-14(16-10-17-15)20-18-8-12-3-2-4-13(5-12)22(23)24/h2-10H,1H3,(H,16,17,20). The van der Waals surface area contributed by atoms with Crippen LogP contribution in [-0.4, -0.2) is 30.9 Å². The summed E-state index contributed by atoms with van der Waals surface area (Å²) in [5, 5.41) is 19.0. The second kappa shape index (κ2) is 6.65. The van der Waals surface area contributed by atoms with Crippen LogP contribution < -0.4 is 5.43 Å². The Morgan fingerprint density at radius 1 is 1.33 bits per heavy atom. The summed E-state index contributed by atoms with van der Waals surface area (Å²) in [4.78, 5) is 18.5. The van der Waals surface area contributed by atoms with Gasteiger partial charge in [0.05, 0.1) is 17.3 Å². The largest absolute Gasteiger partial charge is 0.270 e. The minimum absolute atomic E-state index is 0.0114. The third-order valence-electron chi connectivity index (χ3n) is 3.07. The first kappa shape index (κ1) is 15.3. The Morgan fingerprint density at radius 3 is 2.96 bits per heavy atom. The quantitative estimate of drug-likeness (QED) is 0.438. The van der Waals surface area contributed by atoms with E-state index in [0.717, 1.165) is 5.56 Å². The van der Waals surface area contributed by atoms with Gasteiger partial charge in [-0.15, -0.1) is 0 Å². The lowest BCUT2D eigenvalue weighted by atomic mass is 10.2. The first-order valence-electron chi connectivity index (χ1n) is 6.99. The van der Waals surface area contributed by atoms with Gasteiger partial charge in [0.15, 0.2) is 11.6 Å². The van der Waals surface area contributed by atoms with E-state index in [0.29, 0.717) is 17.2 Å². The van der Waals surface area contributed by atoms with E-state index in [-0.39, 0.29) is 5.69 Å². The van der Waals surface area contributed by atoms with Crippen molar-refractivity contribution in [1.82, 2.24) is 19.7 Å². The second-order valence-corrected chi connectivity index (χ2v) is 4.95. The number of nitro groups is 1. The number of non-ortho nitro benzene ring substituents is 1. The van der Waals surface area contributed by atoms with Gasteiger partial charge in [0.25, 0.3) is 5.69 Å². The topological polar surface area (TPSA) is 111 Å². The van der Waals surface area contributed by atoms with E-state index in [1.54, 1.807) is 29.1 Å². The van der Waals surface area contributed by atoms with E-state index in [1.165, 1.54) is 24.7 Å². The summed E-state index contributed by atoms with van der Waals surface area (Å²) in [7, 11) is 0. The number of anilines is 1. The molecule has 0 atom stereocenters. The number of nitrogens with one attached hydrogen (secondary N) is 1. The van der Waals surface area contributed by atoms with Crippen LogP contribution in [-0.2, 0) is 0 Å². The molecule has 9 nitrogen and oxygen atoms in total. The van der Waals surface area contributed by atoms with E-state index >= 15 is 0 Å². The summed E-state index contributed by atoms with van der Waals surface area (Å²) >= 11 is 0. The molecule has 0 spiro atoms. The first-order valence-corrected chi connectivity index (χ1v) is 6.99. The van der Waals surface area contributed by atoms with Crippen LogP contribution >= 0.6 is 0 Å². The molecule has 3 aromatic rings. The first-order chi connectivity index (χ1) is 11.6. The summed E-state index contributed by atoms with van der Waals surface area (Å²) in [6.07, 6.45) is 6.46.